The smallest absolute Gasteiger partial charge is 0.113 e. The average Bonchev–Trinajstić information content (AvgIpc) is 2.50. The molecule has 0 aliphatic rings. The molecule has 0 saturated carbocycles. The van der Waals surface area contributed by atoms with Crippen LogP contribution in [0.25, 0.3) is 0 Å². The topological polar surface area (TPSA) is 17.8 Å². The number of rotatable bonds is 6. The van der Waals surface area contributed by atoms with Gasteiger partial charge in [-0.05, 0) is 0 Å². The molecule has 0 amide bonds. The molecular formula is C12H17ClN2. The van der Waals surface area contributed by atoms with E-state index in [-0.39, 0.29) is 12.4 Å². The summed E-state index contributed by atoms with van der Waals surface area (Å²) in [6, 6.07) is 0. The van der Waals surface area contributed by atoms with E-state index in [0.717, 1.165) is 30.9 Å². The van der Waals surface area contributed by atoms with Crippen molar-refractivity contribution in [3.8, 4) is 0 Å². The highest BCUT2D eigenvalue weighted by molar-refractivity contribution is 5.85. The third-order valence-electron chi connectivity index (χ3n) is 1.92. The molecule has 3 heteroatoms. The molecule has 0 bridgehead atoms. The maximum atomic E-state index is 4.48. The van der Waals surface area contributed by atoms with Crippen molar-refractivity contribution < 1.29 is 0 Å². The van der Waals surface area contributed by atoms with Crippen LogP contribution in [0.1, 0.15) is 11.5 Å². The monoisotopic (exact) mass is 224 g/mol. The van der Waals surface area contributed by atoms with Gasteiger partial charge in [-0.1, -0.05) is 18.2 Å². The van der Waals surface area contributed by atoms with Crippen molar-refractivity contribution in [3.63, 3.8) is 0 Å². The first kappa shape index (κ1) is 13.7. The summed E-state index contributed by atoms with van der Waals surface area (Å²) in [5.74, 6) is 1.04. The Hall–Kier alpha value is -1.28. The van der Waals surface area contributed by atoms with Gasteiger partial charge in [0.15, 0.2) is 0 Å². The summed E-state index contributed by atoms with van der Waals surface area (Å²) in [6.07, 6.45) is 9.24. The van der Waals surface area contributed by atoms with Gasteiger partial charge in [-0.3, -0.25) is 0 Å². The number of aromatic nitrogens is 2. The van der Waals surface area contributed by atoms with Gasteiger partial charge in [0.05, 0.1) is 5.69 Å². The van der Waals surface area contributed by atoms with E-state index in [1.165, 1.54) is 0 Å². The number of halogens is 1. The first-order chi connectivity index (χ1) is 6.81. The number of hydrogen-bond acceptors (Lipinski definition) is 1. The van der Waals surface area contributed by atoms with E-state index in [2.05, 4.69) is 29.3 Å². The minimum Gasteiger partial charge on any atom is -0.331 e. The lowest BCUT2D eigenvalue weighted by molar-refractivity contribution is 0.763. The number of nitrogens with zero attached hydrogens (tertiary/aromatic N) is 2. The van der Waals surface area contributed by atoms with E-state index in [1.54, 1.807) is 0 Å². The lowest BCUT2D eigenvalue weighted by Gasteiger charge is -2.00. The zero-order valence-corrected chi connectivity index (χ0v) is 9.67. The molecular weight excluding hydrogens is 208 g/mol. The van der Waals surface area contributed by atoms with Crippen LogP contribution in [0.3, 0.4) is 0 Å². The molecule has 82 valence electrons. The third-order valence-corrected chi connectivity index (χ3v) is 1.92. The summed E-state index contributed by atoms with van der Waals surface area (Å²) in [6.45, 7) is 11.9. The van der Waals surface area contributed by atoms with Crippen molar-refractivity contribution in [2.75, 3.05) is 0 Å². The summed E-state index contributed by atoms with van der Waals surface area (Å²) in [7, 11) is 0. The molecule has 1 rings (SSSR count). The van der Waals surface area contributed by atoms with Crippen molar-refractivity contribution in [1.29, 1.82) is 0 Å². The molecule has 0 aromatic carbocycles. The zero-order chi connectivity index (χ0) is 10.4. The molecule has 0 fully saturated rings. The quantitative estimate of drug-likeness (QED) is 0.680. The Balaban J connectivity index is 0.00000196. The molecule has 15 heavy (non-hydrogen) atoms. The number of allylic oxidation sites excluding steroid dienone is 3. The van der Waals surface area contributed by atoms with Crippen LogP contribution in [0, 0.1) is 0 Å². The van der Waals surface area contributed by atoms with Gasteiger partial charge in [0.1, 0.15) is 5.82 Å². The second-order valence-electron chi connectivity index (χ2n) is 3.08. The Morgan fingerprint density at radius 1 is 1.13 bits per heavy atom. The SMILES string of the molecule is C=CCc1cn(CC=C)c(CC=C)n1.Cl. The Morgan fingerprint density at radius 3 is 2.33 bits per heavy atom. The van der Waals surface area contributed by atoms with E-state index >= 15 is 0 Å². The highest BCUT2D eigenvalue weighted by Crippen LogP contribution is 2.06. The van der Waals surface area contributed by atoms with E-state index < -0.39 is 0 Å². The van der Waals surface area contributed by atoms with E-state index in [0.29, 0.717) is 0 Å². The van der Waals surface area contributed by atoms with Crippen molar-refractivity contribution in [2.45, 2.75) is 19.4 Å². The predicted molar refractivity (Wildman–Crippen MR) is 67.5 cm³/mol. The molecule has 1 heterocycles. The number of hydrogen-bond donors (Lipinski definition) is 0. The van der Waals surface area contributed by atoms with Crippen LogP contribution in [0.2, 0.25) is 0 Å². The number of imidazole rings is 1. The summed E-state index contributed by atoms with van der Waals surface area (Å²) < 4.78 is 2.09. The fourth-order valence-electron chi connectivity index (χ4n) is 1.35. The molecule has 0 radical (unpaired) electrons. The molecule has 0 N–H and O–H groups in total. The van der Waals surface area contributed by atoms with Crippen LogP contribution in [-0.4, -0.2) is 9.55 Å². The Kier molecular flexibility index (Phi) is 6.47. The fraction of sp³-hybridized carbons (Fsp3) is 0.250. The third kappa shape index (κ3) is 3.76. The van der Waals surface area contributed by atoms with Gasteiger partial charge >= 0.3 is 0 Å². The normalized spacial score (nSPS) is 9.07. The van der Waals surface area contributed by atoms with Gasteiger partial charge in [0.25, 0.3) is 0 Å². The molecule has 1 aromatic heterocycles. The molecule has 0 atom stereocenters. The molecule has 0 spiro atoms. The van der Waals surface area contributed by atoms with Crippen LogP contribution >= 0.6 is 12.4 Å². The van der Waals surface area contributed by atoms with Gasteiger partial charge in [-0.2, -0.15) is 0 Å². The molecule has 1 aromatic rings. The predicted octanol–water partition coefficient (Wildman–Crippen LogP) is 2.95. The lowest BCUT2D eigenvalue weighted by Crippen LogP contribution is -1.99. The summed E-state index contributed by atoms with van der Waals surface area (Å²) in [5, 5.41) is 0. The Morgan fingerprint density at radius 2 is 1.80 bits per heavy atom. The van der Waals surface area contributed by atoms with Crippen LogP contribution in [0.5, 0.6) is 0 Å². The highest BCUT2D eigenvalue weighted by atomic mass is 35.5. The minimum atomic E-state index is 0. The van der Waals surface area contributed by atoms with Gasteiger partial charge in [-0.15, -0.1) is 32.1 Å². The van der Waals surface area contributed by atoms with E-state index in [4.69, 9.17) is 0 Å². The van der Waals surface area contributed by atoms with Crippen LogP contribution in [-0.2, 0) is 19.4 Å². The Labute approximate surface area is 97.4 Å². The molecule has 0 saturated heterocycles. The zero-order valence-electron chi connectivity index (χ0n) is 8.85. The molecule has 0 aliphatic carbocycles. The minimum absolute atomic E-state index is 0. The molecule has 0 aliphatic heterocycles. The van der Waals surface area contributed by atoms with Crippen LogP contribution < -0.4 is 0 Å². The van der Waals surface area contributed by atoms with Crippen LogP contribution in [0.15, 0.2) is 44.2 Å². The van der Waals surface area contributed by atoms with Gasteiger partial charge < -0.3 is 4.57 Å². The second-order valence-corrected chi connectivity index (χ2v) is 3.08. The van der Waals surface area contributed by atoms with Crippen molar-refractivity contribution >= 4 is 12.4 Å². The largest absolute Gasteiger partial charge is 0.331 e. The first-order valence-electron chi connectivity index (χ1n) is 4.69. The highest BCUT2D eigenvalue weighted by Gasteiger charge is 2.03. The molecule has 2 nitrogen and oxygen atoms in total. The van der Waals surface area contributed by atoms with Crippen molar-refractivity contribution in [3.05, 3.63) is 55.7 Å². The maximum absolute atomic E-state index is 4.48. The van der Waals surface area contributed by atoms with Gasteiger partial charge in [0, 0.05) is 25.6 Å². The standard InChI is InChI=1S/C12H16N2.ClH/c1-4-7-11-10-14(9-6-3)12(13-11)8-5-2;/h4-6,10H,1-3,7-9H2;1H. The van der Waals surface area contributed by atoms with Crippen molar-refractivity contribution in [2.24, 2.45) is 0 Å². The van der Waals surface area contributed by atoms with E-state index in [9.17, 15) is 0 Å². The molecule has 0 unspecified atom stereocenters. The van der Waals surface area contributed by atoms with Gasteiger partial charge in [0.2, 0.25) is 0 Å². The van der Waals surface area contributed by atoms with E-state index in [1.807, 2.05) is 24.4 Å². The van der Waals surface area contributed by atoms with Crippen LogP contribution in [0.4, 0.5) is 0 Å². The average molecular weight is 225 g/mol. The van der Waals surface area contributed by atoms with Gasteiger partial charge in [-0.25, -0.2) is 4.98 Å². The second kappa shape index (κ2) is 7.07. The fourth-order valence-corrected chi connectivity index (χ4v) is 1.35. The lowest BCUT2D eigenvalue weighted by atomic mass is 10.3. The summed E-state index contributed by atoms with van der Waals surface area (Å²) in [4.78, 5) is 4.48. The first-order valence-corrected chi connectivity index (χ1v) is 4.69. The van der Waals surface area contributed by atoms with Crippen molar-refractivity contribution in [1.82, 2.24) is 9.55 Å². The summed E-state index contributed by atoms with van der Waals surface area (Å²) >= 11 is 0. The maximum Gasteiger partial charge on any atom is 0.113 e. The Bertz CT molecular complexity index is 312. The summed E-state index contributed by atoms with van der Waals surface area (Å²) in [5.41, 5.74) is 1.05.